The summed E-state index contributed by atoms with van der Waals surface area (Å²) in [5.74, 6) is -0.570. The molecule has 0 saturated carbocycles. The summed E-state index contributed by atoms with van der Waals surface area (Å²) in [5, 5.41) is 4.60. The van der Waals surface area contributed by atoms with E-state index in [0.29, 0.717) is 35.3 Å². The molecule has 0 spiro atoms. The quantitative estimate of drug-likeness (QED) is 0.477. The summed E-state index contributed by atoms with van der Waals surface area (Å²) in [5.41, 5.74) is 0.594. The Labute approximate surface area is 169 Å². The molecule has 0 radical (unpaired) electrons. The van der Waals surface area contributed by atoms with Crippen LogP contribution in [0.3, 0.4) is 0 Å². The third-order valence-electron chi connectivity index (χ3n) is 3.32. The lowest BCUT2D eigenvalue weighted by molar-refractivity contribution is -0.149. The van der Waals surface area contributed by atoms with Gasteiger partial charge < -0.3 is 19.5 Å². The average Bonchev–Trinajstić information content (AvgIpc) is 2.65. The predicted molar refractivity (Wildman–Crippen MR) is 106 cm³/mol. The van der Waals surface area contributed by atoms with Crippen molar-refractivity contribution in [3.05, 3.63) is 28.8 Å². The zero-order chi connectivity index (χ0) is 21.1. The van der Waals surface area contributed by atoms with Gasteiger partial charge in [-0.15, -0.1) is 0 Å². The average molecular weight is 413 g/mol. The largest absolute Gasteiger partial charge is 0.490 e. The zero-order valence-corrected chi connectivity index (χ0v) is 17.1. The molecule has 3 amide bonds. The van der Waals surface area contributed by atoms with E-state index in [1.54, 1.807) is 12.1 Å². The molecule has 1 aromatic carbocycles. The minimum Gasteiger partial charge on any atom is -0.490 e. The molecule has 0 aliphatic carbocycles. The van der Waals surface area contributed by atoms with Gasteiger partial charge in [-0.25, -0.2) is 9.59 Å². The van der Waals surface area contributed by atoms with Crippen LogP contribution in [-0.4, -0.2) is 44.3 Å². The molecule has 0 saturated heterocycles. The van der Waals surface area contributed by atoms with E-state index in [1.165, 1.54) is 20.0 Å². The van der Waals surface area contributed by atoms with Crippen LogP contribution in [0.15, 0.2) is 18.2 Å². The van der Waals surface area contributed by atoms with Gasteiger partial charge in [-0.05, 0) is 44.0 Å². The van der Waals surface area contributed by atoms with Gasteiger partial charge in [0, 0.05) is 13.1 Å². The molecule has 0 fully saturated rings. The summed E-state index contributed by atoms with van der Waals surface area (Å²) in [6.45, 7) is 6.09. The Balaban J connectivity index is 2.83. The monoisotopic (exact) mass is 412 g/mol. The first-order chi connectivity index (χ1) is 13.3. The lowest BCUT2D eigenvalue weighted by atomic mass is 10.2. The molecular weight excluding hydrogens is 388 g/mol. The predicted octanol–water partition coefficient (Wildman–Crippen LogP) is 2.93. The Kier molecular flexibility index (Phi) is 9.87. The number of hydrogen-bond acceptors (Lipinski definition) is 6. The van der Waals surface area contributed by atoms with Crippen LogP contribution < -0.4 is 20.1 Å². The third kappa shape index (κ3) is 7.48. The zero-order valence-electron chi connectivity index (χ0n) is 16.3. The molecular formula is C19H25ClN2O6. The Morgan fingerprint density at radius 3 is 2.54 bits per heavy atom. The van der Waals surface area contributed by atoms with Crippen LogP contribution in [0.1, 0.15) is 32.8 Å². The van der Waals surface area contributed by atoms with E-state index in [2.05, 4.69) is 5.32 Å². The molecule has 8 nitrogen and oxygen atoms in total. The molecule has 0 unspecified atom stereocenters. The first-order valence-electron chi connectivity index (χ1n) is 8.82. The first kappa shape index (κ1) is 23.3. The summed E-state index contributed by atoms with van der Waals surface area (Å²) in [6, 6.07) is 2.62. The minimum atomic E-state index is -1.14. The minimum absolute atomic E-state index is 0.353. The van der Waals surface area contributed by atoms with E-state index >= 15 is 0 Å². The Bertz CT molecular complexity index is 735. The summed E-state index contributed by atoms with van der Waals surface area (Å²) in [6.07, 6.45) is 2.31. The first-order valence-corrected chi connectivity index (χ1v) is 9.20. The van der Waals surface area contributed by atoms with E-state index in [4.69, 9.17) is 25.8 Å². The topological polar surface area (TPSA) is 103 Å². The second-order valence-electron chi connectivity index (χ2n) is 5.59. The number of urea groups is 1. The highest BCUT2D eigenvalue weighted by Crippen LogP contribution is 2.37. The summed E-state index contributed by atoms with van der Waals surface area (Å²) in [7, 11) is 1.36. The fourth-order valence-corrected chi connectivity index (χ4v) is 2.27. The number of halogens is 1. The van der Waals surface area contributed by atoms with Gasteiger partial charge in [-0.3, -0.25) is 10.1 Å². The van der Waals surface area contributed by atoms with Crippen LogP contribution in [0.5, 0.6) is 11.5 Å². The number of carbonyl (C=O) groups is 3. The van der Waals surface area contributed by atoms with Gasteiger partial charge >= 0.3 is 12.0 Å². The third-order valence-corrected chi connectivity index (χ3v) is 3.60. The van der Waals surface area contributed by atoms with Crippen LogP contribution in [0.4, 0.5) is 4.79 Å². The molecule has 1 rings (SSSR count). The number of ether oxygens (including phenoxy) is 3. The summed E-state index contributed by atoms with van der Waals surface area (Å²) < 4.78 is 16.1. The summed E-state index contributed by atoms with van der Waals surface area (Å²) >= 11 is 6.26. The van der Waals surface area contributed by atoms with Gasteiger partial charge in [0.15, 0.2) is 17.6 Å². The molecule has 0 heterocycles. The molecule has 0 aliphatic heterocycles. The molecule has 0 bridgehead atoms. The number of benzene rings is 1. The van der Waals surface area contributed by atoms with Gasteiger partial charge in [0.25, 0.3) is 5.91 Å². The molecule has 28 heavy (non-hydrogen) atoms. The maximum absolute atomic E-state index is 11.9. The second kappa shape index (κ2) is 11.9. The van der Waals surface area contributed by atoms with Crippen molar-refractivity contribution in [3.8, 4) is 11.5 Å². The van der Waals surface area contributed by atoms with Crippen molar-refractivity contribution in [3.63, 3.8) is 0 Å². The highest BCUT2D eigenvalue weighted by atomic mass is 35.5. The van der Waals surface area contributed by atoms with E-state index in [-0.39, 0.29) is 0 Å². The second-order valence-corrected chi connectivity index (χ2v) is 6.00. The van der Waals surface area contributed by atoms with Crippen molar-refractivity contribution in [2.75, 3.05) is 20.3 Å². The maximum atomic E-state index is 11.9. The lowest BCUT2D eigenvalue weighted by Gasteiger charge is -2.14. The molecule has 2 N–H and O–H groups in total. The fourth-order valence-electron chi connectivity index (χ4n) is 2.00. The van der Waals surface area contributed by atoms with Crippen LogP contribution in [0.25, 0.3) is 6.08 Å². The highest BCUT2D eigenvalue weighted by molar-refractivity contribution is 6.32. The number of nitrogens with one attached hydrogen (secondary N) is 2. The van der Waals surface area contributed by atoms with Crippen molar-refractivity contribution in [1.82, 2.24) is 10.6 Å². The van der Waals surface area contributed by atoms with Gasteiger partial charge in [-0.2, -0.15) is 0 Å². The number of imide groups is 1. The lowest BCUT2D eigenvalue weighted by Crippen LogP contribution is -2.43. The normalized spacial score (nSPS) is 11.6. The number of hydrogen-bond donors (Lipinski definition) is 2. The Morgan fingerprint density at radius 2 is 1.93 bits per heavy atom. The molecule has 0 aliphatic rings. The summed E-state index contributed by atoms with van der Waals surface area (Å²) in [4.78, 5) is 34.7. The number of carbonyl (C=O) groups excluding carboxylic acids is 3. The Hall–Kier alpha value is -2.74. The van der Waals surface area contributed by atoms with E-state index < -0.39 is 24.0 Å². The molecule has 1 atom stereocenters. The van der Waals surface area contributed by atoms with Crippen molar-refractivity contribution >= 4 is 35.6 Å². The van der Waals surface area contributed by atoms with Crippen LogP contribution in [0, 0.1) is 0 Å². The number of amides is 3. The van der Waals surface area contributed by atoms with E-state index in [1.807, 2.05) is 19.2 Å². The van der Waals surface area contributed by atoms with Gasteiger partial charge in [0.1, 0.15) is 0 Å². The van der Waals surface area contributed by atoms with Crippen LogP contribution in [0.2, 0.25) is 5.02 Å². The molecule has 1 aromatic rings. The van der Waals surface area contributed by atoms with E-state index in [9.17, 15) is 14.4 Å². The van der Waals surface area contributed by atoms with Gasteiger partial charge in [-0.1, -0.05) is 18.5 Å². The number of esters is 1. The Morgan fingerprint density at radius 1 is 1.21 bits per heavy atom. The van der Waals surface area contributed by atoms with Crippen LogP contribution >= 0.6 is 11.6 Å². The smallest absolute Gasteiger partial charge is 0.331 e. The number of rotatable bonds is 9. The molecule has 9 heteroatoms. The van der Waals surface area contributed by atoms with Crippen molar-refractivity contribution in [1.29, 1.82) is 0 Å². The highest BCUT2D eigenvalue weighted by Gasteiger charge is 2.18. The van der Waals surface area contributed by atoms with Gasteiger partial charge in [0.2, 0.25) is 0 Å². The van der Waals surface area contributed by atoms with Gasteiger partial charge in [0.05, 0.1) is 18.2 Å². The van der Waals surface area contributed by atoms with Crippen molar-refractivity contribution in [2.45, 2.75) is 33.3 Å². The standard InChI is InChI=1S/C19H25ClN2O6/c1-5-9-27-17-14(20)10-13(11-15(17)26-6-2)7-8-16(23)28-12(3)18(24)22-19(25)21-4/h7-8,10-12H,5-6,9H2,1-4H3,(H2,21,22,24,25)/b8-7+/t12-/m0/s1. The molecule has 154 valence electrons. The van der Waals surface area contributed by atoms with Crippen molar-refractivity contribution < 1.29 is 28.6 Å². The molecule has 0 aromatic heterocycles. The van der Waals surface area contributed by atoms with Crippen LogP contribution in [-0.2, 0) is 14.3 Å². The fraction of sp³-hybridized carbons (Fsp3) is 0.421. The van der Waals surface area contributed by atoms with Crippen molar-refractivity contribution in [2.24, 2.45) is 0 Å². The maximum Gasteiger partial charge on any atom is 0.331 e. The van der Waals surface area contributed by atoms with E-state index in [0.717, 1.165) is 12.5 Å². The SMILES string of the molecule is CCCOc1c(Cl)cc(/C=C/C(=O)O[C@@H](C)C(=O)NC(=O)NC)cc1OCC.